The Morgan fingerprint density at radius 2 is 2.12 bits per heavy atom. The van der Waals surface area contributed by atoms with Gasteiger partial charge in [-0.1, -0.05) is 0 Å². The fraction of sp³-hybridized carbons (Fsp3) is 0.0909. The van der Waals surface area contributed by atoms with Gasteiger partial charge in [-0.25, -0.2) is 13.8 Å². The average molecular weight is 254 g/mol. The molecule has 3 nitrogen and oxygen atoms in total. The molecule has 1 heterocycles. The highest BCUT2D eigenvalue weighted by Gasteiger charge is 2.12. The first-order valence-corrected chi connectivity index (χ1v) is 5.67. The Morgan fingerprint density at radius 1 is 1.35 bits per heavy atom. The summed E-state index contributed by atoms with van der Waals surface area (Å²) in [5.74, 6) is -1.80. The fourth-order valence-corrected chi connectivity index (χ4v) is 1.79. The molecule has 0 saturated heterocycles. The maximum absolute atomic E-state index is 13.4. The Morgan fingerprint density at radius 3 is 2.76 bits per heavy atom. The molecule has 0 unspecified atom stereocenters. The molecule has 0 fully saturated rings. The first-order chi connectivity index (χ1) is 8.08. The standard InChI is InChI=1S/C11H8F2N2OS/c1-6-2-8(13)9(3-7(6)12)15-11(16)10-4-17-5-14-10/h2-5H,1H3,(H,15,16). The molecule has 2 aromatic rings. The molecular formula is C11H8F2N2OS. The van der Waals surface area contributed by atoms with Gasteiger partial charge in [0.15, 0.2) is 0 Å². The molecule has 1 aromatic heterocycles. The molecule has 1 N–H and O–H groups in total. The minimum atomic E-state index is -0.674. The van der Waals surface area contributed by atoms with Crippen LogP contribution in [0.3, 0.4) is 0 Å². The quantitative estimate of drug-likeness (QED) is 0.895. The van der Waals surface area contributed by atoms with Gasteiger partial charge in [0.2, 0.25) is 0 Å². The maximum Gasteiger partial charge on any atom is 0.275 e. The first kappa shape index (κ1) is 11.7. The lowest BCUT2D eigenvalue weighted by molar-refractivity contribution is 0.102. The molecule has 0 saturated carbocycles. The summed E-state index contributed by atoms with van der Waals surface area (Å²) in [4.78, 5) is 15.3. The predicted octanol–water partition coefficient (Wildman–Crippen LogP) is 2.98. The highest BCUT2D eigenvalue weighted by molar-refractivity contribution is 7.07. The van der Waals surface area contributed by atoms with Crippen molar-refractivity contribution in [2.24, 2.45) is 0 Å². The monoisotopic (exact) mass is 254 g/mol. The van der Waals surface area contributed by atoms with Crippen LogP contribution in [0, 0.1) is 18.6 Å². The Hall–Kier alpha value is -1.82. The van der Waals surface area contributed by atoms with Gasteiger partial charge in [0.25, 0.3) is 5.91 Å². The van der Waals surface area contributed by atoms with Crippen molar-refractivity contribution in [1.82, 2.24) is 4.98 Å². The van der Waals surface area contributed by atoms with Crippen molar-refractivity contribution in [2.45, 2.75) is 6.92 Å². The van der Waals surface area contributed by atoms with Crippen LogP contribution in [0.1, 0.15) is 16.1 Å². The van der Waals surface area contributed by atoms with Crippen LogP contribution in [0.4, 0.5) is 14.5 Å². The number of aryl methyl sites for hydroxylation is 1. The molecule has 0 aliphatic carbocycles. The van der Waals surface area contributed by atoms with Crippen molar-refractivity contribution in [3.63, 3.8) is 0 Å². The highest BCUT2D eigenvalue weighted by atomic mass is 32.1. The lowest BCUT2D eigenvalue weighted by atomic mass is 10.2. The summed E-state index contributed by atoms with van der Waals surface area (Å²) in [5, 5.41) is 3.80. The number of hydrogen-bond donors (Lipinski definition) is 1. The Bertz CT molecular complexity index is 555. The average Bonchev–Trinajstić information content (AvgIpc) is 2.79. The molecule has 0 bridgehead atoms. The molecule has 0 aliphatic heterocycles. The number of halogens is 2. The lowest BCUT2D eigenvalue weighted by Crippen LogP contribution is -2.13. The van der Waals surface area contributed by atoms with E-state index in [1.54, 1.807) is 0 Å². The first-order valence-electron chi connectivity index (χ1n) is 4.73. The van der Waals surface area contributed by atoms with E-state index in [0.29, 0.717) is 0 Å². The topological polar surface area (TPSA) is 42.0 Å². The number of nitrogens with one attached hydrogen (secondary N) is 1. The van der Waals surface area contributed by atoms with E-state index in [1.165, 1.54) is 29.2 Å². The molecule has 6 heteroatoms. The number of carbonyl (C=O) groups is 1. The number of anilines is 1. The number of hydrogen-bond acceptors (Lipinski definition) is 3. The van der Waals surface area contributed by atoms with Crippen LogP contribution in [0.25, 0.3) is 0 Å². The summed E-state index contributed by atoms with van der Waals surface area (Å²) >= 11 is 1.25. The molecule has 0 atom stereocenters. The molecule has 1 amide bonds. The molecule has 0 aliphatic rings. The smallest absolute Gasteiger partial charge is 0.275 e. The minimum absolute atomic E-state index is 0.176. The molecule has 0 spiro atoms. The zero-order chi connectivity index (χ0) is 12.4. The third kappa shape index (κ3) is 2.47. The number of carbonyl (C=O) groups excluding carboxylic acids is 1. The summed E-state index contributed by atoms with van der Waals surface area (Å²) in [6.07, 6.45) is 0. The summed E-state index contributed by atoms with van der Waals surface area (Å²) in [6, 6.07) is 1.99. The molecule has 88 valence electrons. The van der Waals surface area contributed by atoms with Crippen molar-refractivity contribution < 1.29 is 13.6 Å². The molecule has 1 aromatic carbocycles. The van der Waals surface area contributed by atoms with E-state index in [9.17, 15) is 13.6 Å². The van der Waals surface area contributed by atoms with Crippen LogP contribution < -0.4 is 5.32 Å². The van der Waals surface area contributed by atoms with Crippen LogP contribution in [0.2, 0.25) is 0 Å². The van der Waals surface area contributed by atoms with E-state index >= 15 is 0 Å². The van der Waals surface area contributed by atoms with Gasteiger partial charge in [-0.3, -0.25) is 4.79 Å². The Kier molecular flexibility index (Phi) is 3.14. The Labute approximate surface area is 100 Å². The van der Waals surface area contributed by atoms with E-state index in [2.05, 4.69) is 10.3 Å². The Balaban J connectivity index is 2.25. The molecular weight excluding hydrogens is 246 g/mol. The molecule has 2 rings (SSSR count). The van der Waals surface area contributed by atoms with Crippen LogP contribution in [-0.2, 0) is 0 Å². The van der Waals surface area contributed by atoms with Crippen LogP contribution in [0.15, 0.2) is 23.0 Å². The van der Waals surface area contributed by atoms with Gasteiger partial charge in [0.1, 0.15) is 17.3 Å². The summed E-state index contributed by atoms with van der Waals surface area (Å²) in [7, 11) is 0. The van der Waals surface area contributed by atoms with Crippen LogP contribution >= 0.6 is 11.3 Å². The minimum Gasteiger partial charge on any atom is -0.318 e. The van der Waals surface area contributed by atoms with Crippen molar-refractivity contribution in [2.75, 3.05) is 5.32 Å². The predicted molar refractivity (Wildman–Crippen MR) is 61.2 cm³/mol. The van der Waals surface area contributed by atoms with Gasteiger partial charge < -0.3 is 5.32 Å². The second-order valence-corrected chi connectivity index (χ2v) is 4.13. The van der Waals surface area contributed by atoms with E-state index in [4.69, 9.17) is 0 Å². The number of thiazole rings is 1. The third-order valence-corrected chi connectivity index (χ3v) is 2.75. The lowest BCUT2D eigenvalue weighted by Gasteiger charge is -2.06. The second-order valence-electron chi connectivity index (χ2n) is 3.41. The van der Waals surface area contributed by atoms with Gasteiger partial charge in [0.05, 0.1) is 11.2 Å². The van der Waals surface area contributed by atoms with E-state index in [0.717, 1.165) is 12.1 Å². The van der Waals surface area contributed by atoms with Crippen molar-refractivity contribution in [1.29, 1.82) is 0 Å². The van der Waals surface area contributed by atoms with Crippen LogP contribution in [0.5, 0.6) is 0 Å². The van der Waals surface area contributed by atoms with Gasteiger partial charge in [-0.15, -0.1) is 11.3 Å². The zero-order valence-electron chi connectivity index (χ0n) is 8.83. The highest BCUT2D eigenvalue weighted by Crippen LogP contribution is 2.19. The number of rotatable bonds is 2. The normalized spacial score (nSPS) is 10.3. The molecule has 0 radical (unpaired) electrons. The summed E-state index contributed by atoms with van der Waals surface area (Å²) in [5.41, 5.74) is 1.66. The van der Waals surface area contributed by atoms with E-state index in [1.807, 2.05) is 0 Å². The van der Waals surface area contributed by atoms with Gasteiger partial charge in [0, 0.05) is 11.4 Å². The van der Waals surface area contributed by atoms with Crippen molar-refractivity contribution >= 4 is 22.9 Å². The maximum atomic E-state index is 13.4. The number of aromatic nitrogens is 1. The largest absolute Gasteiger partial charge is 0.318 e. The number of benzene rings is 1. The summed E-state index contributed by atoms with van der Waals surface area (Å²) < 4.78 is 26.7. The SMILES string of the molecule is Cc1cc(F)c(NC(=O)c2cscn2)cc1F. The van der Waals surface area contributed by atoms with Crippen LogP contribution in [-0.4, -0.2) is 10.9 Å². The number of nitrogens with zero attached hydrogens (tertiary/aromatic N) is 1. The van der Waals surface area contributed by atoms with Crippen molar-refractivity contribution in [3.8, 4) is 0 Å². The summed E-state index contributed by atoms with van der Waals surface area (Å²) in [6.45, 7) is 1.45. The molecule has 17 heavy (non-hydrogen) atoms. The van der Waals surface area contributed by atoms with Gasteiger partial charge >= 0.3 is 0 Å². The zero-order valence-corrected chi connectivity index (χ0v) is 9.65. The van der Waals surface area contributed by atoms with Gasteiger partial charge in [-0.05, 0) is 18.6 Å². The van der Waals surface area contributed by atoms with Crippen molar-refractivity contribution in [3.05, 3.63) is 45.9 Å². The number of amides is 1. The third-order valence-electron chi connectivity index (χ3n) is 2.16. The van der Waals surface area contributed by atoms with E-state index in [-0.39, 0.29) is 16.9 Å². The van der Waals surface area contributed by atoms with Gasteiger partial charge in [-0.2, -0.15) is 0 Å². The van der Waals surface area contributed by atoms with E-state index < -0.39 is 17.5 Å². The fourth-order valence-electron chi connectivity index (χ4n) is 1.25. The second kappa shape index (κ2) is 4.58.